The highest BCUT2D eigenvalue weighted by atomic mass is 16.5. The molecule has 6 heteroatoms. The molecule has 138 valence electrons. The molecule has 3 rings (SSSR count). The van der Waals surface area contributed by atoms with Crippen LogP contribution in [-0.2, 0) is 22.4 Å². The second-order valence-corrected chi connectivity index (χ2v) is 6.01. The molecule has 1 amide bonds. The maximum absolute atomic E-state index is 12.5. The highest BCUT2D eigenvalue weighted by Gasteiger charge is 2.25. The number of aromatic nitrogens is 1. The molecule has 0 unspecified atom stereocenters. The van der Waals surface area contributed by atoms with E-state index < -0.39 is 17.9 Å². The van der Waals surface area contributed by atoms with Gasteiger partial charge in [-0.15, -0.1) is 0 Å². The van der Waals surface area contributed by atoms with Crippen LogP contribution in [0, 0.1) is 0 Å². The molecule has 0 fully saturated rings. The molecule has 0 aliphatic rings. The predicted octanol–water partition coefficient (Wildman–Crippen LogP) is 3.10. The van der Waals surface area contributed by atoms with Gasteiger partial charge in [0.1, 0.15) is 0 Å². The molecule has 0 spiro atoms. The molecule has 1 N–H and O–H groups in total. The number of aryl methyl sites for hydroxylation is 2. The van der Waals surface area contributed by atoms with E-state index in [2.05, 4.69) is 10.5 Å². The number of nitrogens with one attached hydrogen (secondary N) is 1. The zero-order valence-electron chi connectivity index (χ0n) is 14.9. The summed E-state index contributed by atoms with van der Waals surface area (Å²) in [6.45, 7) is 0. The van der Waals surface area contributed by atoms with E-state index >= 15 is 0 Å². The van der Waals surface area contributed by atoms with E-state index in [-0.39, 0.29) is 5.76 Å². The number of rotatable bonds is 7. The van der Waals surface area contributed by atoms with Crippen LogP contribution < -0.4 is 5.32 Å². The van der Waals surface area contributed by atoms with Gasteiger partial charge in [0.15, 0.2) is 6.04 Å². The normalized spacial score (nSPS) is 11.6. The van der Waals surface area contributed by atoms with E-state index in [1.165, 1.54) is 12.7 Å². The van der Waals surface area contributed by atoms with Crippen molar-refractivity contribution in [1.29, 1.82) is 0 Å². The van der Waals surface area contributed by atoms with Crippen molar-refractivity contribution in [2.45, 2.75) is 18.9 Å². The third-order valence-electron chi connectivity index (χ3n) is 4.14. The Hall–Kier alpha value is -3.41. The fraction of sp³-hybridized carbons (Fsp3) is 0.190. The Morgan fingerprint density at radius 1 is 1.04 bits per heavy atom. The van der Waals surface area contributed by atoms with Crippen LogP contribution in [0.15, 0.2) is 71.3 Å². The predicted molar refractivity (Wildman–Crippen MR) is 99.0 cm³/mol. The van der Waals surface area contributed by atoms with Gasteiger partial charge in [0.2, 0.25) is 5.76 Å². The fourth-order valence-corrected chi connectivity index (χ4v) is 2.70. The Balaban J connectivity index is 1.66. The lowest BCUT2D eigenvalue weighted by Gasteiger charge is -2.15. The van der Waals surface area contributed by atoms with Crippen molar-refractivity contribution >= 4 is 11.9 Å². The largest absolute Gasteiger partial charge is 0.467 e. The van der Waals surface area contributed by atoms with Crippen molar-refractivity contribution in [3.63, 3.8) is 0 Å². The molecular formula is C21H20N2O4. The molecule has 2 aromatic carbocycles. The van der Waals surface area contributed by atoms with E-state index in [1.54, 1.807) is 30.3 Å². The van der Waals surface area contributed by atoms with Crippen molar-refractivity contribution in [1.82, 2.24) is 10.5 Å². The van der Waals surface area contributed by atoms with Crippen LogP contribution in [0.25, 0.3) is 0 Å². The number of carbonyl (C=O) groups excluding carboxylic acids is 2. The van der Waals surface area contributed by atoms with Crippen molar-refractivity contribution in [2.24, 2.45) is 0 Å². The summed E-state index contributed by atoms with van der Waals surface area (Å²) in [6, 6.07) is 19.6. The van der Waals surface area contributed by atoms with Gasteiger partial charge in [-0.2, -0.15) is 0 Å². The first-order valence-electron chi connectivity index (χ1n) is 8.60. The number of hydrogen-bond donors (Lipinski definition) is 1. The molecule has 1 atom stereocenters. The summed E-state index contributed by atoms with van der Waals surface area (Å²) in [5.74, 6) is -1.02. The fourth-order valence-electron chi connectivity index (χ4n) is 2.70. The van der Waals surface area contributed by atoms with Crippen LogP contribution in [0.5, 0.6) is 0 Å². The van der Waals surface area contributed by atoms with Crippen molar-refractivity contribution in [3.8, 4) is 0 Å². The topological polar surface area (TPSA) is 81.4 Å². The molecule has 0 aliphatic heterocycles. The summed E-state index contributed by atoms with van der Waals surface area (Å²) in [7, 11) is 1.28. The van der Waals surface area contributed by atoms with E-state index in [1.807, 2.05) is 36.4 Å². The minimum Gasteiger partial charge on any atom is -0.467 e. The molecule has 0 saturated carbocycles. The molecular weight excluding hydrogens is 344 g/mol. The quantitative estimate of drug-likeness (QED) is 0.652. The Morgan fingerprint density at radius 2 is 1.70 bits per heavy atom. The lowest BCUT2D eigenvalue weighted by molar-refractivity contribution is -0.143. The molecule has 1 aromatic heterocycles. The van der Waals surface area contributed by atoms with Crippen molar-refractivity contribution < 1.29 is 18.8 Å². The van der Waals surface area contributed by atoms with E-state index in [9.17, 15) is 9.59 Å². The van der Waals surface area contributed by atoms with Gasteiger partial charge in [-0.3, -0.25) is 4.79 Å². The van der Waals surface area contributed by atoms with Crippen LogP contribution in [0.4, 0.5) is 0 Å². The summed E-state index contributed by atoms with van der Waals surface area (Å²) >= 11 is 0. The van der Waals surface area contributed by atoms with Gasteiger partial charge in [0, 0.05) is 6.07 Å². The molecule has 0 aliphatic carbocycles. The summed E-state index contributed by atoms with van der Waals surface area (Å²) in [4.78, 5) is 24.5. The highest BCUT2D eigenvalue weighted by Crippen LogP contribution is 2.16. The molecule has 3 aromatic rings. The number of esters is 1. The van der Waals surface area contributed by atoms with Crippen molar-refractivity contribution in [2.75, 3.05) is 7.11 Å². The second-order valence-electron chi connectivity index (χ2n) is 6.01. The summed E-state index contributed by atoms with van der Waals surface area (Å²) in [5, 5.41) is 6.59. The maximum atomic E-state index is 12.5. The van der Waals surface area contributed by atoms with Gasteiger partial charge in [0.25, 0.3) is 5.91 Å². The Morgan fingerprint density at radius 3 is 2.37 bits per heavy atom. The number of amides is 1. The second kappa shape index (κ2) is 8.80. The first-order valence-corrected chi connectivity index (χ1v) is 8.60. The lowest BCUT2D eigenvalue weighted by atomic mass is 10.1. The first kappa shape index (κ1) is 18.4. The standard InChI is InChI=1S/C21H20N2O4/c1-26-21(25)19(16-10-6-3-7-11-16)22-20(24)18-14-17(23-27-18)13-12-15-8-4-2-5-9-15/h2-11,14,19H,12-13H2,1H3,(H,22,24)/t19-/m0/s1. The highest BCUT2D eigenvalue weighted by molar-refractivity contribution is 5.94. The van der Waals surface area contributed by atoms with Crippen molar-refractivity contribution in [3.05, 3.63) is 89.3 Å². The molecule has 0 saturated heterocycles. The van der Waals surface area contributed by atoms with Gasteiger partial charge >= 0.3 is 5.97 Å². The van der Waals surface area contributed by atoms with E-state index in [0.29, 0.717) is 17.7 Å². The summed E-state index contributed by atoms with van der Waals surface area (Å²) in [5.41, 5.74) is 2.49. The molecule has 1 heterocycles. The molecule has 6 nitrogen and oxygen atoms in total. The summed E-state index contributed by atoms with van der Waals surface area (Å²) < 4.78 is 9.95. The van der Waals surface area contributed by atoms with Crippen LogP contribution in [0.1, 0.15) is 33.4 Å². The van der Waals surface area contributed by atoms with Crippen LogP contribution in [0.2, 0.25) is 0 Å². The Kier molecular flexibility index (Phi) is 5.99. The van der Waals surface area contributed by atoms with Gasteiger partial charge in [-0.25, -0.2) is 4.79 Å². The number of ether oxygens (including phenoxy) is 1. The number of benzene rings is 2. The SMILES string of the molecule is COC(=O)[C@@H](NC(=O)c1cc(CCc2ccccc2)no1)c1ccccc1. The van der Waals surface area contributed by atoms with E-state index in [4.69, 9.17) is 9.26 Å². The number of methoxy groups -OCH3 is 1. The zero-order chi connectivity index (χ0) is 19.1. The maximum Gasteiger partial charge on any atom is 0.333 e. The average Bonchev–Trinajstić information content (AvgIpc) is 3.20. The Bertz CT molecular complexity index is 891. The zero-order valence-corrected chi connectivity index (χ0v) is 14.9. The third-order valence-corrected chi connectivity index (χ3v) is 4.14. The minimum atomic E-state index is -0.915. The average molecular weight is 364 g/mol. The summed E-state index contributed by atoms with van der Waals surface area (Å²) in [6.07, 6.45) is 1.45. The molecule has 0 bridgehead atoms. The van der Waals surface area contributed by atoms with Gasteiger partial charge in [-0.1, -0.05) is 65.8 Å². The monoisotopic (exact) mass is 364 g/mol. The van der Waals surface area contributed by atoms with E-state index in [0.717, 1.165) is 6.42 Å². The molecule has 0 radical (unpaired) electrons. The van der Waals surface area contributed by atoms with Gasteiger partial charge in [0.05, 0.1) is 12.8 Å². The van der Waals surface area contributed by atoms with Gasteiger partial charge in [-0.05, 0) is 24.0 Å². The number of nitrogens with zero attached hydrogens (tertiary/aromatic N) is 1. The Labute approximate surface area is 157 Å². The van der Waals surface area contributed by atoms with Crippen LogP contribution >= 0.6 is 0 Å². The van der Waals surface area contributed by atoms with Crippen LogP contribution in [-0.4, -0.2) is 24.1 Å². The number of carbonyl (C=O) groups is 2. The van der Waals surface area contributed by atoms with Gasteiger partial charge < -0.3 is 14.6 Å². The third kappa shape index (κ3) is 4.82. The number of hydrogen-bond acceptors (Lipinski definition) is 5. The smallest absolute Gasteiger partial charge is 0.333 e. The van der Waals surface area contributed by atoms with Crippen LogP contribution in [0.3, 0.4) is 0 Å². The minimum absolute atomic E-state index is 0.0582. The lowest BCUT2D eigenvalue weighted by Crippen LogP contribution is -2.34. The molecule has 27 heavy (non-hydrogen) atoms. The first-order chi connectivity index (χ1) is 13.2.